The first-order valence-electron chi connectivity index (χ1n) is 7.75. The van der Waals surface area contributed by atoms with Crippen LogP contribution < -0.4 is 4.90 Å². The van der Waals surface area contributed by atoms with Crippen molar-refractivity contribution in [2.24, 2.45) is 0 Å². The normalized spacial score (nSPS) is 15.7. The van der Waals surface area contributed by atoms with Crippen molar-refractivity contribution < 1.29 is 14.4 Å². The molecule has 3 rings (SSSR count). The third-order valence-corrected chi connectivity index (χ3v) is 5.32. The van der Waals surface area contributed by atoms with Crippen molar-refractivity contribution in [2.45, 2.75) is 25.8 Å². The second-order valence-electron chi connectivity index (χ2n) is 5.78. The van der Waals surface area contributed by atoms with Crippen molar-refractivity contribution in [3.8, 4) is 0 Å². The monoisotopic (exact) mass is 342 g/mol. The van der Waals surface area contributed by atoms with E-state index in [1.807, 2.05) is 24.4 Å². The fraction of sp³-hybridized carbons (Fsp3) is 0.278. The van der Waals surface area contributed by atoms with Crippen molar-refractivity contribution in [2.75, 3.05) is 11.9 Å². The molecule has 1 aliphatic rings. The van der Waals surface area contributed by atoms with Crippen molar-refractivity contribution in [1.29, 1.82) is 0 Å². The molecule has 0 saturated carbocycles. The molecule has 0 radical (unpaired) electrons. The standard InChI is InChI=1S/C18H18N2O3S/c1-12(15-4-3-11-24-15)19(2)18(23)13-5-7-14(8-6-13)20-16(21)9-10-17(20)22/h3-8,11-12H,9-10H2,1-2H3. The smallest absolute Gasteiger partial charge is 0.254 e. The highest BCUT2D eigenvalue weighted by molar-refractivity contribution is 7.10. The molecule has 0 aliphatic carbocycles. The number of carbonyl (C=O) groups is 3. The van der Waals surface area contributed by atoms with Gasteiger partial charge in [0.25, 0.3) is 5.91 Å². The zero-order chi connectivity index (χ0) is 17.3. The minimum atomic E-state index is -0.192. The summed E-state index contributed by atoms with van der Waals surface area (Å²) in [6, 6.07) is 10.6. The SMILES string of the molecule is CC(c1cccs1)N(C)C(=O)c1ccc(N2C(=O)CCC2=O)cc1. The molecular formula is C18H18N2O3S. The zero-order valence-corrected chi connectivity index (χ0v) is 14.4. The van der Waals surface area contributed by atoms with Gasteiger partial charge in [0, 0.05) is 30.3 Å². The van der Waals surface area contributed by atoms with E-state index in [1.165, 1.54) is 4.90 Å². The third-order valence-electron chi connectivity index (χ3n) is 4.28. The number of carbonyl (C=O) groups excluding carboxylic acids is 3. The molecule has 0 bridgehead atoms. The first kappa shape index (κ1) is 16.4. The molecule has 1 saturated heterocycles. The average molecular weight is 342 g/mol. The van der Waals surface area contributed by atoms with Gasteiger partial charge in [0.1, 0.15) is 0 Å². The Labute approximate surface area is 144 Å². The van der Waals surface area contributed by atoms with E-state index in [2.05, 4.69) is 0 Å². The first-order chi connectivity index (χ1) is 11.5. The number of imide groups is 1. The summed E-state index contributed by atoms with van der Waals surface area (Å²) in [5.41, 5.74) is 1.05. The van der Waals surface area contributed by atoms with Crippen LogP contribution in [0.15, 0.2) is 41.8 Å². The van der Waals surface area contributed by atoms with E-state index in [-0.39, 0.29) is 36.6 Å². The largest absolute Gasteiger partial charge is 0.334 e. The highest BCUT2D eigenvalue weighted by atomic mass is 32.1. The number of nitrogens with zero attached hydrogens (tertiary/aromatic N) is 2. The number of thiophene rings is 1. The van der Waals surface area contributed by atoms with Crippen LogP contribution in [-0.4, -0.2) is 29.7 Å². The molecule has 1 aliphatic heterocycles. The summed E-state index contributed by atoms with van der Waals surface area (Å²) in [5, 5.41) is 1.99. The van der Waals surface area contributed by atoms with Crippen molar-refractivity contribution >= 4 is 34.7 Å². The predicted molar refractivity (Wildman–Crippen MR) is 93.0 cm³/mol. The van der Waals surface area contributed by atoms with Crippen LogP contribution in [0, 0.1) is 0 Å². The number of amides is 3. The Morgan fingerprint density at radius 3 is 2.29 bits per heavy atom. The van der Waals surface area contributed by atoms with Crippen molar-refractivity contribution in [3.63, 3.8) is 0 Å². The van der Waals surface area contributed by atoms with Crippen LogP contribution in [0.25, 0.3) is 0 Å². The molecule has 1 aromatic heterocycles. The van der Waals surface area contributed by atoms with Crippen LogP contribution in [0.3, 0.4) is 0 Å². The molecule has 2 heterocycles. The average Bonchev–Trinajstić information content (AvgIpc) is 3.23. The van der Waals surface area contributed by atoms with E-state index in [0.717, 1.165) is 4.88 Å². The van der Waals surface area contributed by atoms with Gasteiger partial charge < -0.3 is 4.90 Å². The third kappa shape index (κ3) is 2.97. The van der Waals surface area contributed by atoms with Gasteiger partial charge in [0.2, 0.25) is 11.8 Å². The highest BCUT2D eigenvalue weighted by Gasteiger charge is 2.30. The quantitative estimate of drug-likeness (QED) is 0.802. The van der Waals surface area contributed by atoms with Crippen LogP contribution in [0.5, 0.6) is 0 Å². The summed E-state index contributed by atoms with van der Waals surface area (Å²) in [6.07, 6.45) is 0.501. The zero-order valence-electron chi connectivity index (χ0n) is 13.6. The van der Waals surface area contributed by atoms with E-state index in [1.54, 1.807) is 47.5 Å². The Bertz CT molecular complexity index is 752. The second-order valence-corrected chi connectivity index (χ2v) is 6.76. The van der Waals surface area contributed by atoms with E-state index in [4.69, 9.17) is 0 Å². The lowest BCUT2D eigenvalue weighted by molar-refractivity contribution is -0.121. The lowest BCUT2D eigenvalue weighted by Crippen LogP contribution is -2.30. The Balaban J connectivity index is 1.76. The van der Waals surface area contributed by atoms with Crippen LogP contribution in [0.4, 0.5) is 5.69 Å². The van der Waals surface area contributed by atoms with Gasteiger partial charge in [-0.05, 0) is 42.6 Å². The number of hydrogen-bond acceptors (Lipinski definition) is 4. The molecule has 1 aromatic carbocycles. The molecule has 24 heavy (non-hydrogen) atoms. The minimum Gasteiger partial charge on any atom is -0.334 e. The lowest BCUT2D eigenvalue weighted by atomic mass is 10.1. The number of anilines is 1. The van der Waals surface area contributed by atoms with Gasteiger partial charge in [-0.25, -0.2) is 0 Å². The van der Waals surface area contributed by atoms with Crippen LogP contribution in [0.2, 0.25) is 0 Å². The maximum atomic E-state index is 12.6. The molecular weight excluding hydrogens is 324 g/mol. The number of benzene rings is 1. The highest BCUT2D eigenvalue weighted by Crippen LogP contribution is 2.26. The summed E-state index contributed by atoms with van der Waals surface area (Å²) < 4.78 is 0. The van der Waals surface area contributed by atoms with Gasteiger partial charge in [-0.2, -0.15) is 0 Å². The van der Waals surface area contributed by atoms with Gasteiger partial charge in [0.15, 0.2) is 0 Å². The molecule has 124 valence electrons. The van der Waals surface area contributed by atoms with E-state index < -0.39 is 0 Å². The van der Waals surface area contributed by atoms with E-state index in [0.29, 0.717) is 11.3 Å². The molecule has 1 fully saturated rings. The topological polar surface area (TPSA) is 57.7 Å². The van der Waals surface area contributed by atoms with Crippen molar-refractivity contribution in [1.82, 2.24) is 4.90 Å². The molecule has 6 heteroatoms. The van der Waals surface area contributed by atoms with Gasteiger partial charge in [-0.1, -0.05) is 6.07 Å². The summed E-state index contributed by atoms with van der Waals surface area (Å²) in [7, 11) is 1.77. The number of rotatable bonds is 4. The molecule has 2 aromatic rings. The van der Waals surface area contributed by atoms with Gasteiger partial charge in [-0.15, -0.1) is 11.3 Å². The summed E-state index contributed by atoms with van der Waals surface area (Å²) in [5.74, 6) is -0.480. The van der Waals surface area contributed by atoms with Gasteiger partial charge >= 0.3 is 0 Å². The lowest BCUT2D eigenvalue weighted by Gasteiger charge is -2.24. The van der Waals surface area contributed by atoms with E-state index >= 15 is 0 Å². The van der Waals surface area contributed by atoms with Crippen LogP contribution in [-0.2, 0) is 9.59 Å². The Morgan fingerprint density at radius 1 is 1.12 bits per heavy atom. The fourth-order valence-corrected chi connectivity index (χ4v) is 3.54. The second kappa shape index (κ2) is 6.57. The van der Waals surface area contributed by atoms with Gasteiger partial charge in [0.05, 0.1) is 11.7 Å². The predicted octanol–water partition coefficient (Wildman–Crippen LogP) is 3.23. The Hall–Kier alpha value is -2.47. The fourth-order valence-electron chi connectivity index (χ4n) is 2.72. The molecule has 5 nitrogen and oxygen atoms in total. The minimum absolute atomic E-state index is 0.0149. The summed E-state index contributed by atoms with van der Waals surface area (Å²) in [6.45, 7) is 1.99. The Morgan fingerprint density at radius 2 is 1.75 bits per heavy atom. The number of hydrogen-bond donors (Lipinski definition) is 0. The summed E-state index contributed by atoms with van der Waals surface area (Å²) in [4.78, 5) is 40.1. The maximum absolute atomic E-state index is 12.6. The Kier molecular flexibility index (Phi) is 4.49. The van der Waals surface area contributed by atoms with Crippen molar-refractivity contribution in [3.05, 3.63) is 52.2 Å². The first-order valence-corrected chi connectivity index (χ1v) is 8.63. The van der Waals surface area contributed by atoms with Gasteiger partial charge in [-0.3, -0.25) is 19.3 Å². The van der Waals surface area contributed by atoms with Crippen LogP contribution >= 0.6 is 11.3 Å². The molecule has 1 unspecified atom stereocenters. The van der Waals surface area contributed by atoms with Crippen LogP contribution in [0.1, 0.15) is 41.0 Å². The molecule has 3 amide bonds. The maximum Gasteiger partial charge on any atom is 0.254 e. The van der Waals surface area contributed by atoms with E-state index in [9.17, 15) is 14.4 Å². The molecule has 1 atom stereocenters. The molecule has 0 spiro atoms. The molecule has 0 N–H and O–H groups in total. The summed E-state index contributed by atoms with van der Waals surface area (Å²) >= 11 is 1.62.